The van der Waals surface area contributed by atoms with Crippen molar-refractivity contribution >= 4 is 11.7 Å². The normalized spacial score (nSPS) is 10.5. The van der Waals surface area contributed by atoms with Crippen LogP contribution >= 0.6 is 0 Å². The molecule has 0 saturated carbocycles. The lowest BCUT2D eigenvalue weighted by Crippen LogP contribution is -2.14. The number of aromatic nitrogens is 5. The van der Waals surface area contributed by atoms with Gasteiger partial charge in [-0.25, -0.2) is 4.98 Å². The third-order valence-corrected chi connectivity index (χ3v) is 2.32. The van der Waals surface area contributed by atoms with Gasteiger partial charge in [0.05, 0.1) is 0 Å². The molecular formula is C10H14N6O. The molecule has 3 N–H and O–H groups in total. The fraction of sp³-hybridized carbons (Fsp3) is 0.400. The number of amides is 1. The van der Waals surface area contributed by atoms with Gasteiger partial charge in [0.2, 0.25) is 5.82 Å². The van der Waals surface area contributed by atoms with Crippen molar-refractivity contribution in [1.29, 1.82) is 0 Å². The number of anilines is 1. The maximum Gasteiger partial charge on any atom is 0.296 e. The molecule has 0 aromatic carbocycles. The Morgan fingerprint density at radius 1 is 1.29 bits per heavy atom. The van der Waals surface area contributed by atoms with Crippen LogP contribution in [0.25, 0.3) is 0 Å². The number of nitrogens with one attached hydrogen (secondary N) is 3. The monoisotopic (exact) mass is 234 g/mol. The van der Waals surface area contributed by atoms with Crippen LogP contribution in [0.5, 0.6) is 0 Å². The summed E-state index contributed by atoms with van der Waals surface area (Å²) in [6.07, 6.45) is 1.55. The van der Waals surface area contributed by atoms with E-state index in [1.54, 1.807) is 6.07 Å². The molecule has 2 aromatic heterocycles. The Morgan fingerprint density at radius 3 is 2.71 bits per heavy atom. The Kier molecular flexibility index (Phi) is 3.17. The Labute approximate surface area is 98.0 Å². The number of rotatable bonds is 4. The van der Waals surface area contributed by atoms with Gasteiger partial charge in [-0.15, -0.1) is 5.10 Å². The molecule has 0 unspecified atom stereocenters. The molecular weight excluding hydrogens is 220 g/mol. The van der Waals surface area contributed by atoms with Crippen molar-refractivity contribution in [3.05, 3.63) is 23.4 Å². The fourth-order valence-corrected chi connectivity index (χ4v) is 1.33. The standard InChI is InChI=1S/C10H14N6O/c1-3-6-5-8(15-13-6)12-10(17)9-11-7(4-2)14-16-9/h5H,3-4H2,1-2H3,(H,11,14,16)(H2,12,13,15,17). The van der Waals surface area contributed by atoms with Gasteiger partial charge in [0.1, 0.15) is 5.82 Å². The highest BCUT2D eigenvalue weighted by atomic mass is 16.2. The van der Waals surface area contributed by atoms with Crippen LogP contribution in [-0.4, -0.2) is 31.3 Å². The Morgan fingerprint density at radius 2 is 2.12 bits per heavy atom. The molecule has 0 aliphatic rings. The number of aryl methyl sites for hydroxylation is 2. The van der Waals surface area contributed by atoms with Crippen LogP contribution < -0.4 is 5.32 Å². The van der Waals surface area contributed by atoms with Gasteiger partial charge in [-0.1, -0.05) is 13.8 Å². The van der Waals surface area contributed by atoms with Gasteiger partial charge < -0.3 is 5.32 Å². The first-order chi connectivity index (χ1) is 8.22. The number of H-pyrrole nitrogens is 2. The lowest BCUT2D eigenvalue weighted by molar-refractivity contribution is 0.101. The molecule has 0 atom stereocenters. The SMILES string of the molecule is CCc1cc(NC(=O)c2n[nH]c(CC)n2)n[nH]1. The topological polar surface area (TPSA) is 99.3 Å². The highest BCUT2D eigenvalue weighted by Crippen LogP contribution is 2.06. The average Bonchev–Trinajstić information content (AvgIpc) is 2.96. The van der Waals surface area contributed by atoms with E-state index in [9.17, 15) is 4.79 Å². The Balaban J connectivity index is 2.05. The van der Waals surface area contributed by atoms with Crippen molar-refractivity contribution in [3.8, 4) is 0 Å². The first-order valence-corrected chi connectivity index (χ1v) is 5.49. The van der Waals surface area contributed by atoms with E-state index in [1.807, 2.05) is 13.8 Å². The number of carbonyl (C=O) groups is 1. The summed E-state index contributed by atoms with van der Waals surface area (Å²) in [5, 5.41) is 15.9. The smallest absolute Gasteiger partial charge is 0.296 e. The molecule has 0 radical (unpaired) electrons. The van der Waals surface area contributed by atoms with Crippen molar-refractivity contribution in [2.24, 2.45) is 0 Å². The van der Waals surface area contributed by atoms with Gasteiger partial charge in [0.15, 0.2) is 5.82 Å². The van der Waals surface area contributed by atoms with E-state index < -0.39 is 0 Å². The number of nitrogens with zero attached hydrogens (tertiary/aromatic N) is 3. The number of hydrogen-bond acceptors (Lipinski definition) is 4. The van der Waals surface area contributed by atoms with Gasteiger partial charge in [0.25, 0.3) is 5.91 Å². The predicted octanol–water partition coefficient (Wildman–Crippen LogP) is 0.905. The van der Waals surface area contributed by atoms with Crippen molar-refractivity contribution in [2.45, 2.75) is 26.7 Å². The van der Waals surface area contributed by atoms with E-state index in [0.717, 1.165) is 12.1 Å². The van der Waals surface area contributed by atoms with Gasteiger partial charge >= 0.3 is 0 Å². The third kappa shape index (κ3) is 2.49. The molecule has 17 heavy (non-hydrogen) atoms. The van der Waals surface area contributed by atoms with E-state index in [1.165, 1.54) is 0 Å². The fourth-order valence-electron chi connectivity index (χ4n) is 1.33. The largest absolute Gasteiger partial charge is 0.302 e. The molecule has 2 heterocycles. The van der Waals surface area contributed by atoms with Gasteiger partial charge in [0, 0.05) is 18.2 Å². The van der Waals surface area contributed by atoms with Crippen LogP contribution in [0, 0.1) is 0 Å². The molecule has 0 fully saturated rings. The molecule has 0 aliphatic carbocycles. The molecule has 1 amide bonds. The molecule has 0 spiro atoms. The molecule has 0 saturated heterocycles. The maximum atomic E-state index is 11.7. The first kappa shape index (κ1) is 11.3. The Bertz CT molecular complexity index is 514. The summed E-state index contributed by atoms with van der Waals surface area (Å²) >= 11 is 0. The number of hydrogen-bond donors (Lipinski definition) is 3. The summed E-state index contributed by atoms with van der Waals surface area (Å²) in [5.41, 5.74) is 0.963. The predicted molar refractivity (Wildman–Crippen MR) is 61.7 cm³/mol. The maximum absolute atomic E-state index is 11.7. The summed E-state index contributed by atoms with van der Waals surface area (Å²) in [7, 11) is 0. The molecule has 90 valence electrons. The first-order valence-electron chi connectivity index (χ1n) is 5.49. The summed E-state index contributed by atoms with van der Waals surface area (Å²) in [5.74, 6) is 0.930. The zero-order valence-electron chi connectivity index (χ0n) is 9.74. The molecule has 2 aromatic rings. The quantitative estimate of drug-likeness (QED) is 0.731. The lowest BCUT2D eigenvalue weighted by atomic mass is 10.3. The van der Waals surface area contributed by atoms with Crippen LogP contribution in [0.15, 0.2) is 6.07 Å². The van der Waals surface area contributed by atoms with Crippen molar-refractivity contribution in [3.63, 3.8) is 0 Å². The molecule has 0 bridgehead atoms. The highest BCUT2D eigenvalue weighted by molar-refractivity contribution is 6.00. The second kappa shape index (κ2) is 4.77. The number of carbonyl (C=O) groups excluding carboxylic acids is 1. The minimum Gasteiger partial charge on any atom is -0.302 e. The van der Waals surface area contributed by atoms with E-state index in [4.69, 9.17) is 0 Å². The van der Waals surface area contributed by atoms with Crippen molar-refractivity contribution < 1.29 is 4.79 Å². The minimum absolute atomic E-state index is 0.128. The minimum atomic E-state index is -0.366. The lowest BCUT2D eigenvalue weighted by Gasteiger charge is -1.95. The summed E-state index contributed by atoms with van der Waals surface area (Å²) in [6, 6.07) is 1.78. The van der Waals surface area contributed by atoms with Gasteiger partial charge in [-0.2, -0.15) is 5.10 Å². The van der Waals surface area contributed by atoms with E-state index in [-0.39, 0.29) is 11.7 Å². The van der Waals surface area contributed by atoms with Crippen LogP contribution in [0.3, 0.4) is 0 Å². The summed E-state index contributed by atoms with van der Waals surface area (Å²) in [4.78, 5) is 15.8. The second-order valence-electron chi connectivity index (χ2n) is 3.55. The highest BCUT2D eigenvalue weighted by Gasteiger charge is 2.13. The van der Waals surface area contributed by atoms with E-state index in [2.05, 4.69) is 30.7 Å². The van der Waals surface area contributed by atoms with Gasteiger partial charge in [-0.05, 0) is 6.42 Å². The number of aromatic amines is 2. The van der Waals surface area contributed by atoms with Crippen LogP contribution in [0.4, 0.5) is 5.82 Å². The van der Waals surface area contributed by atoms with Crippen molar-refractivity contribution in [1.82, 2.24) is 25.4 Å². The Hall–Kier alpha value is -2.18. The zero-order valence-corrected chi connectivity index (χ0v) is 9.74. The van der Waals surface area contributed by atoms with Crippen LogP contribution in [0.2, 0.25) is 0 Å². The third-order valence-electron chi connectivity index (χ3n) is 2.32. The van der Waals surface area contributed by atoms with Gasteiger partial charge in [-0.3, -0.25) is 15.0 Å². The zero-order chi connectivity index (χ0) is 12.3. The van der Waals surface area contributed by atoms with Crippen molar-refractivity contribution in [2.75, 3.05) is 5.32 Å². The average molecular weight is 234 g/mol. The van der Waals surface area contributed by atoms with E-state index in [0.29, 0.717) is 18.1 Å². The summed E-state index contributed by atoms with van der Waals surface area (Å²) in [6.45, 7) is 3.94. The van der Waals surface area contributed by atoms with E-state index >= 15 is 0 Å². The second-order valence-corrected chi connectivity index (χ2v) is 3.55. The molecule has 7 heteroatoms. The van der Waals surface area contributed by atoms with Crippen LogP contribution in [0.1, 0.15) is 36.0 Å². The molecule has 7 nitrogen and oxygen atoms in total. The van der Waals surface area contributed by atoms with Crippen LogP contribution in [-0.2, 0) is 12.8 Å². The molecule has 2 rings (SSSR count). The summed E-state index contributed by atoms with van der Waals surface area (Å²) < 4.78 is 0. The molecule has 0 aliphatic heterocycles.